The maximum absolute atomic E-state index is 11.8. The zero-order valence-electron chi connectivity index (χ0n) is 14.4. The number of hydrogen-bond donors (Lipinski definition) is 3. The second-order valence-electron chi connectivity index (χ2n) is 6.35. The summed E-state index contributed by atoms with van der Waals surface area (Å²) in [5.74, 6) is -0.531. The molecule has 1 rings (SSSR count). The van der Waals surface area contributed by atoms with Crippen LogP contribution < -0.4 is 10.8 Å². The van der Waals surface area contributed by atoms with Crippen LogP contribution >= 0.6 is 0 Å². The van der Waals surface area contributed by atoms with E-state index < -0.39 is 23.7 Å². The van der Waals surface area contributed by atoms with E-state index in [1.54, 1.807) is 20.8 Å². The third-order valence-electron chi connectivity index (χ3n) is 3.00. The lowest BCUT2D eigenvalue weighted by Crippen LogP contribution is -2.40. The van der Waals surface area contributed by atoms with Crippen LogP contribution in [0.4, 0.5) is 4.79 Å². The minimum atomic E-state index is -0.827. The highest BCUT2D eigenvalue weighted by Crippen LogP contribution is 2.10. The molecule has 0 aliphatic heterocycles. The average molecular weight is 338 g/mol. The molecule has 1 atom stereocenters. The Balaban J connectivity index is 2.21. The first kappa shape index (κ1) is 19.9. The van der Waals surface area contributed by atoms with E-state index in [-0.39, 0.29) is 6.61 Å². The van der Waals surface area contributed by atoms with E-state index in [9.17, 15) is 9.59 Å². The molecule has 0 spiro atoms. The van der Waals surface area contributed by atoms with Crippen molar-refractivity contribution in [3.05, 3.63) is 35.9 Å². The third-order valence-corrected chi connectivity index (χ3v) is 3.00. The van der Waals surface area contributed by atoms with Gasteiger partial charge in [-0.15, -0.1) is 0 Å². The molecule has 1 aromatic carbocycles. The molecule has 0 aromatic heterocycles. The number of rotatable bonds is 8. The second kappa shape index (κ2) is 9.89. The molecule has 0 fully saturated rings. The van der Waals surface area contributed by atoms with E-state index in [1.165, 1.54) is 0 Å². The molecule has 0 aliphatic carbocycles. The van der Waals surface area contributed by atoms with Crippen molar-refractivity contribution in [2.45, 2.75) is 51.9 Å². The Bertz CT molecular complexity index is 513. The quantitative estimate of drug-likeness (QED) is 0.382. The van der Waals surface area contributed by atoms with Gasteiger partial charge >= 0.3 is 12.1 Å². The van der Waals surface area contributed by atoms with Gasteiger partial charge in [0.1, 0.15) is 18.2 Å². The van der Waals surface area contributed by atoms with Crippen molar-refractivity contribution in [3.8, 4) is 0 Å². The van der Waals surface area contributed by atoms with Gasteiger partial charge in [0.25, 0.3) is 0 Å². The summed E-state index contributed by atoms with van der Waals surface area (Å²) >= 11 is 0. The lowest BCUT2D eigenvalue weighted by molar-refractivity contribution is -0.160. The number of nitrogens with one attached hydrogen (secondary N) is 2. The fraction of sp³-hybridized carbons (Fsp3) is 0.529. The molecule has 7 nitrogen and oxygen atoms in total. The number of esters is 1. The van der Waals surface area contributed by atoms with Gasteiger partial charge in [0.05, 0.1) is 0 Å². The van der Waals surface area contributed by atoms with Crippen LogP contribution in [-0.2, 0) is 20.9 Å². The molecule has 0 bridgehead atoms. The van der Waals surface area contributed by atoms with Crippen LogP contribution in [0.3, 0.4) is 0 Å². The van der Waals surface area contributed by atoms with Crippen molar-refractivity contribution in [2.24, 2.45) is 0 Å². The Hall–Kier alpha value is -2.12. The molecule has 0 radical (unpaired) electrons. The molecular weight excluding hydrogens is 312 g/mol. The van der Waals surface area contributed by atoms with Gasteiger partial charge in [0.2, 0.25) is 0 Å². The highest BCUT2D eigenvalue weighted by atomic mass is 16.6. The predicted molar refractivity (Wildman–Crippen MR) is 88.4 cm³/mol. The molecule has 0 saturated carbocycles. The van der Waals surface area contributed by atoms with Gasteiger partial charge in [-0.25, -0.2) is 4.79 Å². The van der Waals surface area contributed by atoms with E-state index in [0.29, 0.717) is 19.4 Å². The van der Waals surface area contributed by atoms with Gasteiger partial charge < -0.3 is 20.0 Å². The third kappa shape index (κ3) is 8.50. The Labute approximate surface area is 142 Å². The van der Waals surface area contributed by atoms with Crippen LogP contribution in [0.5, 0.6) is 0 Å². The van der Waals surface area contributed by atoms with Gasteiger partial charge in [-0.1, -0.05) is 30.3 Å². The molecular formula is C17H26N2O5. The lowest BCUT2D eigenvalue weighted by atomic mass is 10.1. The topological polar surface area (TPSA) is 96.9 Å². The summed E-state index contributed by atoms with van der Waals surface area (Å²) in [5, 5.41) is 11.6. The van der Waals surface area contributed by atoms with Gasteiger partial charge in [0.15, 0.2) is 0 Å². The number of amides is 1. The molecule has 134 valence electrons. The Morgan fingerprint density at radius 2 is 1.88 bits per heavy atom. The molecule has 7 heteroatoms. The number of hydroxylamine groups is 1. The highest BCUT2D eigenvalue weighted by molar-refractivity contribution is 5.76. The Kier molecular flexibility index (Phi) is 8.21. The second-order valence-corrected chi connectivity index (χ2v) is 6.35. The minimum absolute atomic E-state index is 0.200. The van der Waals surface area contributed by atoms with Crippen LogP contribution in [-0.4, -0.2) is 35.5 Å². The predicted octanol–water partition coefficient (Wildman–Crippen LogP) is 2.38. The van der Waals surface area contributed by atoms with Crippen molar-refractivity contribution in [1.82, 2.24) is 10.8 Å². The number of carbonyl (C=O) groups excluding carboxylic acids is 2. The first-order valence-corrected chi connectivity index (χ1v) is 7.89. The Morgan fingerprint density at radius 1 is 1.21 bits per heavy atom. The zero-order valence-corrected chi connectivity index (χ0v) is 14.4. The van der Waals surface area contributed by atoms with Crippen LogP contribution in [0, 0.1) is 0 Å². The Morgan fingerprint density at radius 3 is 2.46 bits per heavy atom. The molecule has 3 N–H and O–H groups in total. The summed E-state index contributed by atoms with van der Waals surface area (Å²) in [6.07, 6.45) is 0.284. The molecule has 1 unspecified atom stereocenters. The zero-order chi connectivity index (χ0) is 18.0. The first-order valence-electron chi connectivity index (χ1n) is 7.89. The van der Waals surface area contributed by atoms with Gasteiger partial charge in [-0.05, 0) is 39.2 Å². The molecule has 0 aliphatic rings. The molecule has 1 aromatic rings. The highest BCUT2D eigenvalue weighted by Gasteiger charge is 2.24. The summed E-state index contributed by atoms with van der Waals surface area (Å²) in [5.41, 5.74) is 2.23. The van der Waals surface area contributed by atoms with Crippen LogP contribution in [0.25, 0.3) is 0 Å². The molecule has 0 saturated heterocycles. The first-order chi connectivity index (χ1) is 11.3. The number of ether oxygens (including phenoxy) is 2. The van der Waals surface area contributed by atoms with E-state index in [0.717, 1.165) is 5.56 Å². The summed E-state index contributed by atoms with van der Waals surface area (Å²) in [7, 11) is 0. The van der Waals surface area contributed by atoms with Crippen LogP contribution in [0.1, 0.15) is 39.2 Å². The van der Waals surface area contributed by atoms with Gasteiger partial charge in [0, 0.05) is 6.54 Å². The maximum atomic E-state index is 11.8. The maximum Gasteiger partial charge on any atom is 0.407 e. The number of hydrogen-bond acceptors (Lipinski definition) is 6. The summed E-state index contributed by atoms with van der Waals surface area (Å²) in [6.45, 7) is 5.79. The SMILES string of the molecule is CC(C)(C)OC(=O)C(CCCNC(=O)OCc1ccccc1)NO. The fourth-order valence-electron chi connectivity index (χ4n) is 1.88. The number of alkyl carbamates (subject to hydrolysis) is 1. The number of benzene rings is 1. The normalized spacial score (nSPS) is 12.3. The standard InChI is InChI=1S/C17H26N2O5/c1-17(2,3)24-15(20)14(19-22)10-7-11-18-16(21)23-12-13-8-5-4-6-9-13/h4-6,8-9,14,19,22H,7,10-12H2,1-3H3,(H,18,21). The molecule has 24 heavy (non-hydrogen) atoms. The van der Waals surface area contributed by atoms with Crippen molar-refractivity contribution in [1.29, 1.82) is 0 Å². The fourth-order valence-corrected chi connectivity index (χ4v) is 1.88. The summed E-state index contributed by atoms with van der Waals surface area (Å²) < 4.78 is 10.3. The summed E-state index contributed by atoms with van der Waals surface area (Å²) in [4.78, 5) is 23.4. The van der Waals surface area contributed by atoms with E-state index in [4.69, 9.17) is 14.7 Å². The van der Waals surface area contributed by atoms with Gasteiger partial charge in [-0.2, -0.15) is 5.48 Å². The molecule has 0 heterocycles. The summed E-state index contributed by atoms with van der Waals surface area (Å²) in [6, 6.07) is 8.54. The van der Waals surface area contributed by atoms with E-state index in [1.807, 2.05) is 35.8 Å². The van der Waals surface area contributed by atoms with Crippen molar-refractivity contribution < 1.29 is 24.3 Å². The van der Waals surface area contributed by atoms with Crippen molar-refractivity contribution >= 4 is 12.1 Å². The lowest BCUT2D eigenvalue weighted by Gasteiger charge is -2.23. The van der Waals surface area contributed by atoms with E-state index >= 15 is 0 Å². The van der Waals surface area contributed by atoms with Crippen LogP contribution in [0.15, 0.2) is 30.3 Å². The minimum Gasteiger partial charge on any atom is -0.459 e. The largest absolute Gasteiger partial charge is 0.459 e. The molecule has 1 amide bonds. The van der Waals surface area contributed by atoms with Crippen molar-refractivity contribution in [3.63, 3.8) is 0 Å². The smallest absolute Gasteiger partial charge is 0.407 e. The number of carbonyl (C=O) groups is 2. The van der Waals surface area contributed by atoms with Gasteiger partial charge in [-0.3, -0.25) is 4.79 Å². The average Bonchev–Trinajstić information content (AvgIpc) is 2.52. The van der Waals surface area contributed by atoms with Crippen LogP contribution in [0.2, 0.25) is 0 Å². The monoisotopic (exact) mass is 338 g/mol. The van der Waals surface area contributed by atoms with E-state index in [2.05, 4.69) is 5.32 Å². The van der Waals surface area contributed by atoms with Crippen molar-refractivity contribution in [2.75, 3.05) is 6.54 Å².